The highest BCUT2D eigenvalue weighted by Gasteiger charge is 2.20. The fraction of sp³-hybridized carbons (Fsp3) is 0.524. The van der Waals surface area contributed by atoms with Gasteiger partial charge in [0.15, 0.2) is 5.96 Å². The van der Waals surface area contributed by atoms with Gasteiger partial charge in [-0.15, -0.1) is 11.3 Å². The lowest BCUT2D eigenvalue weighted by molar-refractivity contribution is 0.119. The number of para-hydroxylation sites is 1. The Balaban J connectivity index is 1.56. The minimum Gasteiger partial charge on any atom is -0.490 e. The highest BCUT2D eigenvalue weighted by molar-refractivity contribution is 7.11. The van der Waals surface area contributed by atoms with Crippen LogP contribution in [0.5, 0.6) is 5.75 Å². The Kier molecular flexibility index (Phi) is 7.10. The minimum atomic E-state index is 0.381. The number of nitrogens with zero attached hydrogens (tertiary/aromatic N) is 2. The fourth-order valence-electron chi connectivity index (χ4n) is 2.86. The molecule has 0 bridgehead atoms. The zero-order valence-electron chi connectivity index (χ0n) is 16.5. The molecular formula is C21H30N4OS. The molecule has 5 nitrogen and oxygen atoms in total. The van der Waals surface area contributed by atoms with E-state index in [-0.39, 0.29) is 0 Å². The molecule has 0 aliphatic heterocycles. The number of aryl methyl sites for hydroxylation is 2. The Labute approximate surface area is 166 Å². The second-order valence-corrected chi connectivity index (χ2v) is 8.19. The maximum absolute atomic E-state index is 6.11. The quantitative estimate of drug-likeness (QED) is 0.532. The van der Waals surface area contributed by atoms with Crippen LogP contribution in [-0.4, -0.2) is 30.1 Å². The van der Waals surface area contributed by atoms with Crippen molar-refractivity contribution in [1.29, 1.82) is 0 Å². The fourth-order valence-corrected chi connectivity index (χ4v) is 3.79. The van der Waals surface area contributed by atoms with Crippen molar-refractivity contribution in [2.24, 2.45) is 4.99 Å². The predicted molar refractivity (Wildman–Crippen MR) is 113 cm³/mol. The van der Waals surface area contributed by atoms with Crippen LogP contribution < -0.4 is 15.4 Å². The van der Waals surface area contributed by atoms with Crippen molar-refractivity contribution < 1.29 is 4.74 Å². The van der Waals surface area contributed by atoms with Crippen molar-refractivity contribution >= 4 is 17.3 Å². The summed E-state index contributed by atoms with van der Waals surface area (Å²) >= 11 is 1.78. The third-order valence-electron chi connectivity index (χ3n) is 4.77. The molecule has 1 aliphatic carbocycles. The molecule has 146 valence electrons. The van der Waals surface area contributed by atoms with E-state index in [1.807, 2.05) is 12.1 Å². The Bertz CT molecular complexity index is 748. The smallest absolute Gasteiger partial charge is 0.191 e. The average Bonchev–Trinajstić information content (AvgIpc) is 2.94. The highest BCUT2D eigenvalue weighted by atomic mass is 32.1. The number of hydrogen-bond donors (Lipinski definition) is 2. The minimum absolute atomic E-state index is 0.381. The molecule has 1 fully saturated rings. The number of rotatable bonds is 8. The van der Waals surface area contributed by atoms with Gasteiger partial charge in [-0.2, -0.15) is 0 Å². The summed E-state index contributed by atoms with van der Waals surface area (Å²) in [5.74, 6) is 1.80. The zero-order valence-corrected chi connectivity index (χ0v) is 17.4. The van der Waals surface area contributed by atoms with Crippen molar-refractivity contribution in [1.82, 2.24) is 15.6 Å². The van der Waals surface area contributed by atoms with Crippen LogP contribution in [0.3, 0.4) is 0 Å². The summed E-state index contributed by atoms with van der Waals surface area (Å²) in [7, 11) is 0. The molecular weight excluding hydrogens is 356 g/mol. The molecule has 0 radical (unpaired) electrons. The lowest BCUT2D eigenvalue weighted by atomic mass is 9.96. The first kappa shape index (κ1) is 19.7. The summed E-state index contributed by atoms with van der Waals surface area (Å²) in [6, 6.07) is 8.23. The van der Waals surface area contributed by atoms with Gasteiger partial charge in [0, 0.05) is 30.0 Å². The number of hydrogen-bond acceptors (Lipinski definition) is 4. The molecule has 1 saturated carbocycles. The molecule has 1 aromatic heterocycles. The first-order chi connectivity index (χ1) is 13.2. The van der Waals surface area contributed by atoms with Crippen LogP contribution in [0.1, 0.15) is 47.3 Å². The summed E-state index contributed by atoms with van der Waals surface area (Å²) in [6.07, 6.45) is 4.89. The molecule has 1 heterocycles. The summed E-state index contributed by atoms with van der Waals surface area (Å²) < 4.78 is 6.11. The molecule has 1 aliphatic rings. The number of nitrogens with one attached hydrogen (secondary N) is 2. The molecule has 0 atom stereocenters. The van der Waals surface area contributed by atoms with Gasteiger partial charge in [0.1, 0.15) is 5.75 Å². The van der Waals surface area contributed by atoms with Gasteiger partial charge in [0.05, 0.1) is 23.4 Å². The summed E-state index contributed by atoms with van der Waals surface area (Å²) in [5, 5.41) is 7.91. The van der Waals surface area contributed by atoms with Crippen molar-refractivity contribution in [2.75, 3.05) is 13.1 Å². The van der Waals surface area contributed by atoms with Gasteiger partial charge in [-0.05, 0) is 46.1 Å². The van der Waals surface area contributed by atoms with E-state index in [1.165, 1.54) is 16.3 Å². The molecule has 0 unspecified atom stereocenters. The second-order valence-electron chi connectivity index (χ2n) is 6.90. The summed E-state index contributed by atoms with van der Waals surface area (Å²) in [4.78, 5) is 10.6. The molecule has 27 heavy (non-hydrogen) atoms. The first-order valence-corrected chi connectivity index (χ1v) is 10.7. The normalized spacial score (nSPS) is 14.7. The van der Waals surface area contributed by atoms with Crippen LogP contribution in [0.4, 0.5) is 0 Å². The van der Waals surface area contributed by atoms with E-state index in [0.717, 1.165) is 55.3 Å². The lowest BCUT2D eigenvalue weighted by Crippen LogP contribution is -2.38. The van der Waals surface area contributed by atoms with Crippen molar-refractivity contribution in [2.45, 2.75) is 59.1 Å². The Morgan fingerprint density at radius 1 is 1.26 bits per heavy atom. The maximum Gasteiger partial charge on any atom is 0.191 e. The van der Waals surface area contributed by atoms with Crippen molar-refractivity contribution in [3.8, 4) is 5.75 Å². The number of guanidine groups is 1. The average molecular weight is 387 g/mol. The van der Waals surface area contributed by atoms with Crippen molar-refractivity contribution in [3.63, 3.8) is 0 Å². The third kappa shape index (κ3) is 5.70. The molecule has 0 saturated heterocycles. The van der Waals surface area contributed by atoms with E-state index < -0.39 is 0 Å². The van der Waals surface area contributed by atoms with E-state index in [9.17, 15) is 0 Å². The molecule has 1 aromatic carbocycles. The van der Waals surface area contributed by atoms with E-state index >= 15 is 0 Å². The Morgan fingerprint density at radius 3 is 2.74 bits per heavy atom. The largest absolute Gasteiger partial charge is 0.490 e. The second kappa shape index (κ2) is 9.74. The summed E-state index contributed by atoms with van der Waals surface area (Å²) in [5.41, 5.74) is 2.27. The summed E-state index contributed by atoms with van der Waals surface area (Å²) in [6.45, 7) is 8.53. The number of aliphatic imine (C=N–C) groups is 1. The molecule has 3 rings (SSSR count). The van der Waals surface area contributed by atoms with Gasteiger partial charge in [0.2, 0.25) is 0 Å². The Morgan fingerprint density at radius 2 is 2.07 bits per heavy atom. The van der Waals surface area contributed by atoms with E-state index in [4.69, 9.17) is 9.73 Å². The Hall–Kier alpha value is -2.08. The highest BCUT2D eigenvalue weighted by Crippen LogP contribution is 2.27. The topological polar surface area (TPSA) is 58.5 Å². The predicted octanol–water partition coefficient (Wildman–Crippen LogP) is 3.99. The maximum atomic E-state index is 6.11. The van der Waals surface area contributed by atoms with Gasteiger partial charge < -0.3 is 15.4 Å². The van der Waals surface area contributed by atoms with Gasteiger partial charge in [0.25, 0.3) is 0 Å². The van der Waals surface area contributed by atoms with E-state index in [1.54, 1.807) is 11.3 Å². The van der Waals surface area contributed by atoms with Crippen LogP contribution in [0.2, 0.25) is 0 Å². The first-order valence-electron chi connectivity index (χ1n) is 9.85. The number of ether oxygens (including phenoxy) is 1. The van der Waals surface area contributed by atoms with Crippen LogP contribution in [0.25, 0.3) is 0 Å². The molecule has 0 amide bonds. The van der Waals surface area contributed by atoms with Gasteiger partial charge in [-0.3, -0.25) is 0 Å². The number of thiazole rings is 1. The van der Waals surface area contributed by atoms with Crippen LogP contribution >= 0.6 is 11.3 Å². The van der Waals surface area contributed by atoms with Crippen LogP contribution in [0.15, 0.2) is 29.3 Å². The molecule has 6 heteroatoms. The van der Waals surface area contributed by atoms with E-state index in [2.05, 4.69) is 48.5 Å². The van der Waals surface area contributed by atoms with Crippen LogP contribution in [-0.2, 0) is 13.0 Å². The third-order valence-corrected chi connectivity index (χ3v) is 5.91. The SMILES string of the molecule is CCNC(=NCc1ccccc1OC1CCC1)NCCc1nc(C)c(C)s1. The van der Waals surface area contributed by atoms with E-state index in [0.29, 0.717) is 12.6 Å². The van der Waals surface area contributed by atoms with Gasteiger partial charge in [-0.25, -0.2) is 9.98 Å². The van der Waals surface area contributed by atoms with Gasteiger partial charge >= 0.3 is 0 Å². The van der Waals surface area contributed by atoms with Crippen LogP contribution in [0, 0.1) is 13.8 Å². The number of aromatic nitrogens is 1. The van der Waals surface area contributed by atoms with Crippen molar-refractivity contribution in [3.05, 3.63) is 45.4 Å². The molecule has 2 N–H and O–H groups in total. The monoisotopic (exact) mass is 386 g/mol. The standard InChI is InChI=1S/C21H30N4OS/c1-4-22-21(23-13-12-20-25-15(2)16(3)27-20)24-14-17-8-5-6-11-19(17)26-18-9-7-10-18/h5-6,8,11,18H,4,7,9-10,12-14H2,1-3H3,(H2,22,23,24). The lowest BCUT2D eigenvalue weighted by Gasteiger charge is -2.27. The number of benzene rings is 1. The zero-order chi connectivity index (χ0) is 19.1. The molecule has 0 spiro atoms. The molecule has 2 aromatic rings. The van der Waals surface area contributed by atoms with Gasteiger partial charge in [-0.1, -0.05) is 18.2 Å².